The number of nitrogens with zero attached hydrogens (tertiary/aromatic N) is 1. The number of amides is 2. The molecule has 122 valence electrons. The van der Waals surface area contributed by atoms with Crippen molar-refractivity contribution in [3.63, 3.8) is 0 Å². The third-order valence-corrected chi connectivity index (χ3v) is 3.16. The van der Waals surface area contributed by atoms with E-state index >= 15 is 0 Å². The number of ether oxygens (including phenoxy) is 1. The standard InChI is InChI=1S/C15H16ClN3O4/c16-11-5-3-10(4-6-11)13-8-12(19-23-13)2-1-7-18-15(21)22-9-14(17)20/h3-6,8H,1-2,7,9H2,(H2,17,20)(H,18,21). The van der Waals surface area contributed by atoms with Gasteiger partial charge >= 0.3 is 6.09 Å². The Bertz CT molecular complexity index is 670. The highest BCUT2D eigenvalue weighted by molar-refractivity contribution is 6.30. The van der Waals surface area contributed by atoms with Crippen molar-refractivity contribution in [2.45, 2.75) is 12.8 Å². The van der Waals surface area contributed by atoms with Crippen LogP contribution < -0.4 is 11.1 Å². The van der Waals surface area contributed by atoms with Gasteiger partial charge in [-0.3, -0.25) is 4.79 Å². The van der Waals surface area contributed by atoms with Gasteiger partial charge in [0.25, 0.3) is 5.91 Å². The number of carbonyl (C=O) groups is 2. The molecule has 0 aliphatic heterocycles. The van der Waals surface area contributed by atoms with Crippen LogP contribution in [0.1, 0.15) is 12.1 Å². The lowest BCUT2D eigenvalue weighted by atomic mass is 10.1. The van der Waals surface area contributed by atoms with E-state index in [1.54, 1.807) is 12.1 Å². The largest absolute Gasteiger partial charge is 0.439 e. The van der Waals surface area contributed by atoms with Crippen molar-refractivity contribution >= 4 is 23.6 Å². The maximum atomic E-state index is 11.2. The highest BCUT2D eigenvalue weighted by Crippen LogP contribution is 2.22. The minimum absolute atomic E-state index is 0.390. The van der Waals surface area contributed by atoms with Gasteiger partial charge in [0.15, 0.2) is 12.4 Å². The van der Waals surface area contributed by atoms with Crippen molar-refractivity contribution in [3.8, 4) is 11.3 Å². The van der Waals surface area contributed by atoms with Gasteiger partial charge in [-0.15, -0.1) is 0 Å². The third kappa shape index (κ3) is 5.63. The number of benzene rings is 1. The molecule has 1 heterocycles. The predicted molar refractivity (Wildman–Crippen MR) is 83.8 cm³/mol. The second-order valence-corrected chi connectivity index (χ2v) is 5.20. The third-order valence-electron chi connectivity index (χ3n) is 2.91. The number of hydrogen-bond donors (Lipinski definition) is 2. The molecule has 0 aliphatic carbocycles. The molecule has 1 aromatic carbocycles. The van der Waals surface area contributed by atoms with Crippen LogP contribution in [0, 0.1) is 0 Å². The zero-order chi connectivity index (χ0) is 16.7. The van der Waals surface area contributed by atoms with Crippen LogP contribution in [0.2, 0.25) is 5.02 Å². The maximum Gasteiger partial charge on any atom is 0.407 e. The van der Waals surface area contributed by atoms with Gasteiger partial charge in [-0.05, 0) is 37.1 Å². The molecule has 0 saturated heterocycles. The minimum atomic E-state index is -0.697. The van der Waals surface area contributed by atoms with E-state index in [4.69, 9.17) is 21.9 Å². The van der Waals surface area contributed by atoms with Gasteiger partial charge in [-0.2, -0.15) is 0 Å². The average Bonchev–Trinajstić information content (AvgIpc) is 2.99. The molecule has 8 heteroatoms. The lowest BCUT2D eigenvalue weighted by Gasteiger charge is -2.04. The van der Waals surface area contributed by atoms with Gasteiger partial charge in [0, 0.05) is 23.2 Å². The Morgan fingerprint density at radius 3 is 2.74 bits per heavy atom. The normalized spacial score (nSPS) is 10.3. The van der Waals surface area contributed by atoms with Crippen LogP contribution in [0.5, 0.6) is 0 Å². The van der Waals surface area contributed by atoms with Crippen molar-refractivity contribution in [1.82, 2.24) is 10.5 Å². The zero-order valence-electron chi connectivity index (χ0n) is 12.3. The summed E-state index contributed by atoms with van der Waals surface area (Å²) in [6.07, 6.45) is 0.608. The first-order chi connectivity index (χ1) is 11.0. The molecular formula is C15H16ClN3O4. The molecule has 0 fully saturated rings. The summed E-state index contributed by atoms with van der Waals surface area (Å²) in [4.78, 5) is 21.6. The van der Waals surface area contributed by atoms with Crippen LogP contribution in [0.15, 0.2) is 34.9 Å². The quantitative estimate of drug-likeness (QED) is 0.752. The molecule has 0 atom stereocenters. The van der Waals surface area contributed by atoms with Crippen LogP contribution in [-0.4, -0.2) is 30.3 Å². The molecule has 0 unspecified atom stereocenters. The fraction of sp³-hybridized carbons (Fsp3) is 0.267. The Hall–Kier alpha value is -2.54. The molecule has 0 saturated carbocycles. The first-order valence-corrected chi connectivity index (χ1v) is 7.33. The van der Waals surface area contributed by atoms with E-state index in [0.29, 0.717) is 30.2 Å². The smallest absolute Gasteiger partial charge is 0.407 e. The number of alkyl carbamates (subject to hydrolysis) is 1. The highest BCUT2D eigenvalue weighted by atomic mass is 35.5. The molecule has 0 bridgehead atoms. The highest BCUT2D eigenvalue weighted by Gasteiger charge is 2.07. The Kier molecular flexibility index (Phi) is 5.99. The molecular weight excluding hydrogens is 322 g/mol. The van der Waals surface area contributed by atoms with Crippen molar-refractivity contribution in [2.24, 2.45) is 5.73 Å². The van der Waals surface area contributed by atoms with E-state index < -0.39 is 18.6 Å². The summed E-state index contributed by atoms with van der Waals surface area (Å²) >= 11 is 5.84. The summed E-state index contributed by atoms with van der Waals surface area (Å²) in [6.45, 7) is -0.0414. The van der Waals surface area contributed by atoms with E-state index in [1.165, 1.54) is 0 Å². The van der Waals surface area contributed by atoms with Gasteiger partial charge in [0.1, 0.15) is 0 Å². The van der Waals surface area contributed by atoms with E-state index in [0.717, 1.165) is 11.3 Å². The summed E-state index contributed by atoms with van der Waals surface area (Å²) in [7, 11) is 0. The van der Waals surface area contributed by atoms with Crippen molar-refractivity contribution in [2.75, 3.05) is 13.2 Å². The summed E-state index contributed by atoms with van der Waals surface area (Å²) < 4.78 is 9.83. The number of halogens is 1. The molecule has 2 aromatic rings. The molecule has 23 heavy (non-hydrogen) atoms. The van der Waals surface area contributed by atoms with Crippen LogP contribution in [0.25, 0.3) is 11.3 Å². The van der Waals surface area contributed by atoms with Crippen LogP contribution in [0.3, 0.4) is 0 Å². The number of nitrogens with one attached hydrogen (secondary N) is 1. The van der Waals surface area contributed by atoms with Gasteiger partial charge in [0.05, 0.1) is 5.69 Å². The topological polar surface area (TPSA) is 107 Å². The van der Waals surface area contributed by atoms with Crippen LogP contribution in [-0.2, 0) is 16.0 Å². The molecule has 0 aliphatic rings. The number of nitrogens with two attached hydrogens (primary N) is 1. The van der Waals surface area contributed by atoms with Gasteiger partial charge in [0.2, 0.25) is 0 Å². The van der Waals surface area contributed by atoms with E-state index in [-0.39, 0.29) is 0 Å². The van der Waals surface area contributed by atoms with Crippen molar-refractivity contribution in [1.29, 1.82) is 0 Å². The summed E-state index contributed by atoms with van der Waals surface area (Å²) in [5.74, 6) is -0.0389. The number of hydrogen-bond acceptors (Lipinski definition) is 5. The number of aromatic nitrogens is 1. The fourth-order valence-electron chi connectivity index (χ4n) is 1.83. The number of carbonyl (C=O) groups excluding carboxylic acids is 2. The molecule has 2 rings (SSSR count). The number of primary amides is 1. The lowest BCUT2D eigenvalue weighted by molar-refractivity contribution is -0.120. The number of aryl methyl sites for hydroxylation is 1. The summed E-state index contributed by atoms with van der Waals surface area (Å²) in [6, 6.07) is 9.10. The number of rotatable bonds is 7. The second kappa shape index (κ2) is 8.19. The molecule has 0 radical (unpaired) electrons. The SMILES string of the molecule is NC(=O)COC(=O)NCCCc1cc(-c2ccc(Cl)cc2)on1. The predicted octanol–water partition coefficient (Wildman–Crippen LogP) is 2.14. The Balaban J connectivity index is 1.74. The molecule has 7 nitrogen and oxygen atoms in total. The Labute approximate surface area is 137 Å². The first-order valence-electron chi connectivity index (χ1n) is 6.95. The molecule has 3 N–H and O–H groups in total. The Morgan fingerprint density at radius 1 is 1.30 bits per heavy atom. The van der Waals surface area contributed by atoms with Crippen molar-refractivity contribution < 1.29 is 18.8 Å². The monoisotopic (exact) mass is 337 g/mol. The van der Waals surface area contributed by atoms with Gasteiger partial charge < -0.3 is 20.3 Å². The summed E-state index contributed by atoms with van der Waals surface area (Å²) in [5, 5.41) is 7.14. The zero-order valence-corrected chi connectivity index (χ0v) is 13.0. The van der Waals surface area contributed by atoms with E-state index in [1.807, 2.05) is 18.2 Å². The first kappa shape index (κ1) is 16.8. The second-order valence-electron chi connectivity index (χ2n) is 4.76. The fourth-order valence-corrected chi connectivity index (χ4v) is 1.95. The average molecular weight is 338 g/mol. The van der Waals surface area contributed by atoms with E-state index in [9.17, 15) is 9.59 Å². The molecule has 1 aromatic heterocycles. The maximum absolute atomic E-state index is 11.2. The lowest BCUT2D eigenvalue weighted by Crippen LogP contribution is -2.29. The molecule has 0 spiro atoms. The van der Waals surface area contributed by atoms with Crippen molar-refractivity contribution in [3.05, 3.63) is 41.0 Å². The molecule has 2 amide bonds. The van der Waals surface area contributed by atoms with Crippen LogP contribution in [0.4, 0.5) is 4.79 Å². The van der Waals surface area contributed by atoms with Gasteiger partial charge in [-0.1, -0.05) is 16.8 Å². The summed E-state index contributed by atoms with van der Waals surface area (Å²) in [5.41, 5.74) is 6.53. The van der Waals surface area contributed by atoms with Gasteiger partial charge in [-0.25, -0.2) is 4.79 Å². The Morgan fingerprint density at radius 2 is 2.04 bits per heavy atom. The van der Waals surface area contributed by atoms with E-state index in [2.05, 4.69) is 15.2 Å². The van der Waals surface area contributed by atoms with Crippen LogP contribution >= 0.6 is 11.6 Å². The minimum Gasteiger partial charge on any atom is -0.439 e.